The lowest BCUT2D eigenvalue weighted by molar-refractivity contribution is -0.137. The van der Waals surface area contributed by atoms with Crippen molar-refractivity contribution in [3.8, 4) is 5.75 Å². The molecule has 0 heterocycles. The first kappa shape index (κ1) is 11.2. The highest BCUT2D eigenvalue weighted by atomic mass is 16.4. The maximum Gasteiger partial charge on any atom is 0.303 e. The summed E-state index contributed by atoms with van der Waals surface area (Å²) in [6.07, 6.45) is 1.80. The Morgan fingerprint density at radius 1 is 1.40 bits per heavy atom. The van der Waals surface area contributed by atoms with E-state index in [4.69, 9.17) is 5.11 Å². The third-order valence-electron chi connectivity index (χ3n) is 2.08. The van der Waals surface area contributed by atoms with Crippen LogP contribution < -0.4 is 0 Å². The predicted octanol–water partition coefficient (Wildman–Crippen LogP) is 1.61. The summed E-state index contributed by atoms with van der Waals surface area (Å²) in [5.74, 6) is -0.878. The van der Waals surface area contributed by atoms with Crippen LogP contribution in [0.1, 0.15) is 28.8 Å². The zero-order chi connectivity index (χ0) is 11.3. The molecule has 0 bridgehead atoms. The number of carboxylic acids is 1. The first-order valence-corrected chi connectivity index (χ1v) is 4.62. The molecule has 1 aromatic rings. The van der Waals surface area contributed by atoms with Crippen LogP contribution >= 0.6 is 0 Å². The van der Waals surface area contributed by atoms with E-state index in [0.717, 1.165) is 5.56 Å². The van der Waals surface area contributed by atoms with E-state index in [-0.39, 0.29) is 17.7 Å². The number of phenols is 1. The second-order valence-electron chi connectivity index (χ2n) is 3.26. The van der Waals surface area contributed by atoms with Crippen molar-refractivity contribution in [1.29, 1.82) is 0 Å². The molecule has 0 spiro atoms. The van der Waals surface area contributed by atoms with Gasteiger partial charge in [-0.3, -0.25) is 9.59 Å². The maximum absolute atomic E-state index is 10.5. The van der Waals surface area contributed by atoms with Crippen LogP contribution in [-0.4, -0.2) is 22.5 Å². The third kappa shape index (κ3) is 3.42. The summed E-state index contributed by atoms with van der Waals surface area (Å²) in [7, 11) is 0. The van der Waals surface area contributed by atoms with Crippen molar-refractivity contribution >= 4 is 12.3 Å². The molecular formula is C11H12O4. The molecule has 0 unspecified atom stereocenters. The second-order valence-corrected chi connectivity index (χ2v) is 3.26. The van der Waals surface area contributed by atoms with E-state index in [2.05, 4.69) is 0 Å². The number of phenolic OH excluding ortho intramolecular Hbond substituents is 1. The topological polar surface area (TPSA) is 74.6 Å². The average Bonchev–Trinajstić information content (AvgIpc) is 2.20. The van der Waals surface area contributed by atoms with Gasteiger partial charge in [0.2, 0.25) is 0 Å². The molecule has 0 saturated heterocycles. The number of hydrogen-bond acceptors (Lipinski definition) is 3. The Kier molecular flexibility index (Phi) is 3.85. The molecule has 0 radical (unpaired) electrons. The summed E-state index contributed by atoms with van der Waals surface area (Å²) >= 11 is 0. The van der Waals surface area contributed by atoms with Crippen molar-refractivity contribution in [2.75, 3.05) is 0 Å². The minimum absolute atomic E-state index is 0.0491. The van der Waals surface area contributed by atoms with Crippen LogP contribution in [0.25, 0.3) is 0 Å². The zero-order valence-electron chi connectivity index (χ0n) is 8.14. The lowest BCUT2D eigenvalue weighted by Gasteiger charge is -2.02. The molecule has 0 aliphatic heterocycles. The van der Waals surface area contributed by atoms with E-state index < -0.39 is 5.97 Å². The highest BCUT2D eigenvalue weighted by Crippen LogP contribution is 2.17. The molecule has 0 saturated carbocycles. The van der Waals surface area contributed by atoms with E-state index in [9.17, 15) is 14.7 Å². The minimum Gasteiger partial charge on any atom is -0.507 e. The number of carbonyl (C=O) groups is 2. The molecule has 4 heteroatoms. The highest BCUT2D eigenvalue weighted by molar-refractivity contribution is 5.79. The Morgan fingerprint density at radius 3 is 2.73 bits per heavy atom. The van der Waals surface area contributed by atoms with Crippen LogP contribution in [0.3, 0.4) is 0 Å². The molecular weight excluding hydrogens is 196 g/mol. The Morgan fingerprint density at radius 2 is 2.13 bits per heavy atom. The number of hydrogen-bond donors (Lipinski definition) is 2. The monoisotopic (exact) mass is 208 g/mol. The number of rotatable bonds is 5. The molecule has 1 aromatic carbocycles. The number of aryl methyl sites for hydroxylation is 1. The van der Waals surface area contributed by atoms with E-state index in [1.165, 1.54) is 6.07 Å². The van der Waals surface area contributed by atoms with Crippen molar-refractivity contribution < 1.29 is 19.8 Å². The minimum atomic E-state index is -0.829. The van der Waals surface area contributed by atoms with E-state index in [1.807, 2.05) is 0 Å². The number of aromatic hydroxyl groups is 1. The number of carbonyl (C=O) groups excluding carboxylic acids is 1. The van der Waals surface area contributed by atoms with Crippen LogP contribution in [0, 0.1) is 0 Å². The third-order valence-corrected chi connectivity index (χ3v) is 2.08. The Labute approximate surface area is 87.2 Å². The van der Waals surface area contributed by atoms with Crippen molar-refractivity contribution in [3.05, 3.63) is 29.3 Å². The summed E-state index contributed by atoms with van der Waals surface area (Å²) in [6, 6.07) is 4.70. The molecule has 0 aromatic heterocycles. The summed E-state index contributed by atoms with van der Waals surface area (Å²) < 4.78 is 0. The normalized spacial score (nSPS) is 9.87. The van der Waals surface area contributed by atoms with Crippen molar-refractivity contribution in [2.24, 2.45) is 0 Å². The second kappa shape index (κ2) is 5.14. The van der Waals surface area contributed by atoms with Gasteiger partial charge in [-0.1, -0.05) is 6.07 Å². The van der Waals surface area contributed by atoms with Gasteiger partial charge in [-0.2, -0.15) is 0 Å². The smallest absolute Gasteiger partial charge is 0.303 e. The standard InChI is InChI=1S/C11H12O4/c12-7-9-6-8(4-5-10(9)13)2-1-3-11(14)15/h4-7,13H,1-3H2,(H,14,15). The lowest BCUT2D eigenvalue weighted by Crippen LogP contribution is -1.96. The number of benzene rings is 1. The first-order chi connectivity index (χ1) is 7.13. The van der Waals surface area contributed by atoms with Gasteiger partial charge in [-0.25, -0.2) is 0 Å². The number of carboxylic acid groups (broad SMARTS) is 1. The Hall–Kier alpha value is -1.84. The Bertz CT molecular complexity index is 371. The van der Waals surface area contributed by atoms with Gasteiger partial charge < -0.3 is 10.2 Å². The number of aldehydes is 1. The molecule has 0 atom stereocenters. The summed E-state index contributed by atoms with van der Waals surface area (Å²) in [5.41, 5.74) is 1.10. The fourth-order valence-corrected chi connectivity index (χ4v) is 1.30. The van der Waals surface area contributed by atoms with Gasteiger partial charge in [0.25, 0.3) is 0 Å². The fourth-order valence-electron chi connectivity index (χ4n) is 1.30. The van der Waals surface area contributed by atoms with Crippen LogP contribution in [0.5, 0.6) is 5.75 Å². The van der Waals surface area contributed by atoms with E-state index >= 15 is 0 Å². The molecule has 4 nitrogen and oxygen atoms in total. The van der Waals surface area contributed by atoms with Crippen molar-refractivity contribution in [1.82, 2.24) is 0 Å². The first-order valence-electron chi connectivity index (χ1n) is 4.62. The highest BCUT2D eigenvalue weighted by Gasteiger charge is 2.02. The van der Waals surface area contributed by atoms with E-state index in [0.29, 0.717) is 19.1 Å². The van der Waals surface area contributed by atoms with Gasteiger partial charge in [0, 0.05) is 6.42 Å². The molecule has 0 aliphatic carbocycles. The van der Waals surface area contributed by atoms with Crippen LogP contribution in [0.4, 0.5) is 0 Å². The SMILES string of the molecule is O=Cc1cc(CCCC(=O)O)ccc1O. The fraction of sp³-hybridized carbons (Fsp3) is 0.273. The molecule has 1 rings (SSSR count). The van der Waals surface area contributed by atoms with E-state index in [1.54, 1.807) is 12.1 Å². The summed E-state index contributed by atoms with van der Waals surface area (Å²) in [4.78, 5) is 20.8. The molecule has 2 N–H and O–H groups in total. The largest absolute Gasteiger partial charge is 0.507 e. The van der Waals surface area contributed by atoms with Gasteiger partial charge >= 0.3 is 5.97 Å². The van der Waals surface area contributed by atoms with Gasteiger partial charge in [0.1, 0.15) is 5.75 Å². The molecule has 0 amide bonds. The predicted molar refractivity (Wildman–Crippen MR) is 54.1 cm³/mol. The molecule has 0 fully saturated rings. The maximum atomic E-state index is 10.5. The summed E-state index contributed by atoms with van der Waals surface area (Å²) in [6.45, 7) is 0. The van der Waals surface area contributed by atoms with Crippen molar-refractivity contribution in [3.63, 3.8) is 0 Å². The lowest BCUT2D eigenvalue weighted by atomic mass is 10.1. The average molecular weight is 208 g/mol. The molecule has 15 heavy (non-hydrogen) atoms. The van der Waals surface area contributed by atoms with Gasteiger partial charge in [-0.05, 0) is 30.5 Å². The van der Waals surface area contributed by atoms with Crippen LogP contribution in [-0.2, 0) is 11.2 Å². The van der Waals surface area contributed by atoms with Crippen LogP contribution in [0.2, 0.25) is 0 Å². The van der Waals surface area contributed by atoms with Gasteiger partial charge in [0.15, 0.2) is 6.29 Å². The van der Waals surface area contributed by atoms with Crippen molar-refractivity contribution in [2.45, 2.75) is 19.3 Å². The molecule has 80 valence electrons. The quantitative estimate of drug-likeness (QED) is 0.721. The Balaban J connectivity index is 2.62. The summed E-state index contributed by atoms with van der Waals surface area (Å²) in [5, 5.41) is 17.7. The van der Waals surface area contributed by atoms with Gasteiger partial charge in [0.05, 0.1) is 5.56 Å². The van der Waals surface area contributed by atoms with Gasteiger partial charge in [-0.15, -0.1) is 0 Å². The zero-order valence-corrected chi connectivity index (χ0v) is 8.14. The van der Waals surface area contributed by atoms with Crippen LogP contribution in [0.15, 0.2) is 18.2 Å². The number of aliphatic carboxylic acids is 1. The molecule has 0 aliphatic rings.